The van der Waals surface area contributed by atoms with Gasteiger partial charge in [0.15, 0.2) is 0 Å². The van der Waals surface area contributed by atoms with Crippen LogP contribution in [-0.4, -0.2) is 36.0 Å². The molecule has 0 fully saturated rings. The highest BCUT2D eigenvalue weighted by Gasteiger charge is 2.29. The van der Waals surface area contributed by atoms with Crippen molar-refractivity contribution in [1.29, 1.82) is 0 Å². The Morgan fingerprint density at radius 1 is 0.750 bits per heavy atom. The predicted molar refractivity (Wildman–Crippen MR) is 169 cm³/mol. The zero-order chi connectivity index (χ0) is 31.1. The van der Waals surface area contributed by atoms with Crippen LogP contribution < -0.4 is 5.32 Å². The minimum absolute atomic E-state index is 0.0167. The summed E-state index contributed by atoms with van der Waals surface area (Å²) in [5.41, 5.74) is 6.23. The summed E-state index contributed by atoms with van der Waals surface area (Å²) in [5.74, 6) is -1.26. The van der Waals surface area contributed by atoms with Crippen LogP contribution in [0.1, 0.15) is 84.9 Å². The summed E-state index contributed by atoms with van der Waals surface area (Å²) < 4.78 is 5.54. The van der Waals surface area contributed by atoms with E-state index in [9.17, 15) is 9.59 Å². The molecule has 0 unspecified atom stereocenters. The molecule has 0 heterocycles. The first-order chi connectivity index (χ1) is 19.5. The fourth-order valence-electron chi connectivity index (χ4n) is 3.92. The third-order valence-electron chi connectivity index (χ3n) is 5.51. The number of aliphatic hydroxyl groups excluding tert-OH is 1. The van der Waals surface area contributed by atoms with Gasteiger partial charge in [-0.05, 0) is 46.4 Å². The molecule has 0 spiro atoms. The second-order valence-corrected chi connectivity index (χ2v) is 7.59. The standard InChI is InChI=1S/C25H23NO4.4C2H6.CH4O/c1-16(24(27)28)14-17-10-12-18(13-11-17)26-25(29)30-15-23-21-8-4-2-6-19(21)20-7-3-5-9-22(20)23;5*1-2/h2-13,16,23H,14-15H2,1H3,(H,26,29)(H,27,28);4*1-2H3;2H,1H3/t16-;;;;;/m1...../s1. The van der Waals surface area contributed by atoms with Crippen LogP contribution in [0.15, 0.2) is 72.8 Å². The molecular formula is C34H51NO5. The van der Waals surface area contributed by atoms with Gasteiger partial charge in [-0.25, -0.2) is 4.79 Å². The van der Waals surface area contributed by atoms with Crippen molar-refractivity contribution in [2.75, 3.05) is 19.0 Å². The molecule has 0 saturated heterocycles. The van der Waals surface area contributed by atoms with E-state index in [-0.39, 0.29) is 12.5 Å². The van der Waals surface area contributed by atoms with Crippen LogP contribution in [0.4, 0.5) is 10.5 Å². The van der Waals surface area contributed by atoms with Crippen molar-refractivity contribution in [3.63, 3.8) is 0 Å². The number of rotatable bonds is 6. The Morgan fingerprint density at radius 3 is 1.60 bits per heavy atom. The summed E-state index contributed by atoms with van der Waals surface area (Å²) >= 11 is 0. The molecule has 222 valence electrons. The molecule has 0 aromatic heterocycles. The Bertz CT molecular complexity index is 1030. The number of aliphatic hydroxyl groups is 1. The number of amides is 1. The van der Waals surface area contributed by atoms with Crippen molar-refractivity contribution in [1.82, 2.24) is 0 Å². The maximum absolute atomic E-state index is 12.3. The van der Waals surface area contributed by atoms with Crippen LogP contribution in [0.25, 0.3) is 11.1 Å². The lowest BCUT2D eigenvalue weighted by Crippen LogP contribution is -2.18. The Hall–Kier alpha value is -3.64. The molecule has 0 saturated carbocycles. The van der Waals surface area contributed by atoms with E-state index in [1.165, 1.54) is 22.3 Å². The minimum atomic E-state index is -0.823. The van der Waals surface area contributed by atoms with E-state index in [2.05, 4.69) is 29.6 Å². The number of carboxylic acid groups (broad SMARTS) is 1. The van der Waals surface area contributed by atoms with Crippen LogP contribution >= 0.6 is 0 Å². The molecule has 6 heteroatoms. The van der Waals surface area contributed by atoms with Crippen molar-refractivity contribution < 1.29 is 24.5 Å². The van der Waals surface area contributed by atoms with Crippen LogP contribution in [0.2, 0.25) is 0 Å². The van der Waals surface area contributed by atoms with Crippen LogP contribution in [-0.2, 0) is 16.0 Å². The number of benzene rings is 3. The number of carbonyl (C=O) groups excluding carboxylic acids is 1. The topological polar surface area (TPSA) is 95.9 Å². The fourth-order valence-corrected chi connectivity index (χ4v) is 3.92. The van der Waals surface area contributed by atoms with Gasteiger partial charge >= 0.3 is 12.1 Å². The van der Waals surface area contributed by atoms with Gasteiger partial charge in [0.2, 0.25) is 0 Å². The van der Waals surface area contributed by atoms with Crippen molar-refractivity contribution in [3.8, 4) is 11.1 Å². The molecule has 40 heavy (non-hydrogen) atoms. The molecule has 3 aromatic carbocycles. The van der Waals surface area contributed by atoms with Crippen LogP contribution in [0, 0.1) is 5.92 Å². The zero-order valence-corrected chi connectivity index (χ0v) is 26.1. The molecular weight excluding hydrogens is 502 g/mol. The summed E-state index contributed by atoms with van der Waals surface area (Å²) in [6.45, 7) is 17.9. The van der Waals surface area contributed by atoms with Crippen molar-refractivity contribution in [2.45, 2.75) is 74.7 Å². The summed E-state index contributed by atoms with van der Waals surface area (Å²) in [6, 6.07) is 23.6. The highest BCUT2D eigenvalue weighted by atomic mass is 16.5. The van der Waals surface area contributed by atoms with Crippen LogP contribution in [0.5, 0.6) is 0 Å². The molecule has 1 aliphatic carbocycles. The van der Waals surface area contributed by atoms with E-state index in [4.69, 9.17) is 14.9 Å². The van der Waals surface area contributed by atoms with Crippen molar-refractivity contribution in [3.05, 3.63) is 89.5 Å². The first kappa shape index (κ1) is 38.5. The minimum Gasteiger partial charge on any atom is -0.481 e. The van der Waals surface area contributed by atoms with Gasteiger partial charge in [0.05, 0.1) is 5.92 Å². The lowest BCUT2D eigenvalue weighted by Gasteiger charge is -2.15. The van der Waals surface area contributed by atoms with Crippen molar-refractivity contribution >= 4 is 17.7 Å². The first-order valence-electron chi connectivity index (χ1n) is 14.4. The summed E-state index contributed by atoms with van der Waals surface area (Å²) in [5, 5.41) is 18.8. The number of aliphatic carboxylic acids is 1. The third kappa shape index (κ3) is 11.6. The van der Waals surface area contributed by atoms with Gasteiger partial charge in [-0.3, -0.25) is 10.1 Å². The molecule has 3 N–H and O–H groups in total. The maximum atomic E-state index is 12.3. The molecule has 0 bridgehead atoms. The van der Waals surface area contributed by atoms with E-state index in [0.29, 0.717) is 12.1 Å². The Kier molecular flexibility index (Phi) is 22.4. The molecule has 0 aliphatic heterocycles. The van der Waals surface area contributed by atoms with E-state index in [1.54, 1.807) is 19.1 Å². The van der Waals surface area contributed by atoms with E-state index >= 15 is 0 Å². The van der Waals surface area contributed by atoms with Gasteiger partial charge in [-0.15, -0.1) is 0 Å². The largest absolute Gasteiger partial charge is 0.481 e. The molecule has 4 rings (SSSR count). The summed E-state index contributed by atoms with van der Waals surface area (Å²) in [6.07, 6.45) is -0.0656. The second-order valence-electron chi connectivity index (χ2n) is 7.59. The van der Waals surface area contributed by atoms with Crippen molar-refractivity contribution in [2.24, 2.45) is 5.92 Å². The van der Waals surface area contributed by atoms with Gasteiger partial charge < -0.3 is 14.9 Å². The smallest absolute Gasteiger partial charge is 0.411 e. The first-order valence-corrected chi connectivity index (χ1v) is 14.4. The molecule has 1 amide bonds. The number of ether oxygens (including phenoxy) is 1. The predicted octanol–water partition coefficient (Wildman–Crippen LogP) is 9.02. The second kappa shape index (κ2) is 23.3. The monoisotopic (exact) mass is 553 g/mol. The number of anilines is 1. The summed E-state index contributed by atoms with van der Waals surface area (Å²) in [7, 11) is 1.00. The number of fused-ring (bicyclic) bond motifs is 3. The molecule has 1 aliphatic rings. The van der Waals surface area contributed by atoms with Gasteiger partial charge in [0, 0.05) is 18.7 Å². The van der Waals surface area contributed by atoms with Gasteiger partial charge in [-0.1, -0.05) is 123 Å². The van der Waals surface area contributed by atoms with E-state index in [1.807, 2.05) is 91.8 Å². The normalized spacial score (nSPS) is 10.7. The SMILES string of the molecule is CC.CC.CC.CC.CO.C[C@H](Cc1ccc(NC(=O)OCC2c3ccccc3-c3ccccc32)cc1)C(=O)O. The third-order valence-corrected chi connectivity index (χ3v) is 5.51. The number of carbonyl (C=O) groups is 2. The average molecular weight is 554 g/mol. The van der Waals surface area contributed by atoms with Crippen LogP contribution in [0.3, 0.4) is 0 Å². The lowest BCUT2D eigenvalue weighted by molar-refractivity contribution is -0.141. The molecule has 3 aromatic rings. The van der Waals surface area contributed by atoms with E-state index < -0.39 is 18.0 Å². The molecule has 0 radical (unpaired) electrons. The highest BCUT2D eigenvalue weighted by molar-refractivity contribution is 5.85. The average Bonchev–Trinajstić information content (AvgIpc) is 3.35. The molecule has 1 atom stereocenters. The Labute approximate surface area is 242 Å². The maximum Gasteiger partial charge on any atom is 0.411 e. The van der Waals surface area contributed by atoms with E-state index in [0.717, 1.165) is 12.7 Å². The number of nitrogens with one attached hydrogen (secondary N) is 1. The molecule has 6 nitrogen and oxygen atoms in total. The number of carboxylic acids is 1. The highest BCUT2D eigenvalue weighted by Crippen LogP contribution is 2.44. The Morgan fingerprint density at radius 2 is 1.18 bits per heavy atom. The quantitative estimate of drug-likeness (QED) is 0.283. The van der Waals surface area contributed by atoms with Gasteiger partial charge in [0.1, 0.15) is 6.61 Å². The lowest BCUT2D eigenvalue weighted by atomic mass is 9.98. The number of hydrogen-bond acceptors (Lipinski definition) is 4. The zero-order valence-electron chi connectivity index (χ0n) is 26.1. The Balaban J connectivity index is 0. The van der Waals surface area contributed by atoms with Gasteiger partial charge in [0.25, 0.3) is 0 Å². The summed E-state index contributed by atoms with van der Waals surface area (Å²) in [4.78, 5) is 23.3. The van der Waals surface area contributed by atoms with Gasteiger partial charge in [-0.2, -0.15) is 0 Å². The number of hydrogen-bond donors (Lipinski definition) is 3. The fraction of sp³-hybridized carbons (Fsp3) is 0.412.